The summed E-state index contributed by atoms with van der Waals surface area (Å²) in [6, 6.07) is 14.5. The summed E-state index contributed by atoms with van der Waals surface area (Å²) in [5.41, 5.74) is 1.31. The predicted octanol–water partition coefficient (Wildman–Crippen LogP) is 4.08. The van der Waals surface area contributed by atoms with Gasteiger partial charge in [0.1, 0.15) is 11.6 Å². The number of benzene rings is 1. The van der Waals surface area contributed by atoms with Crippen LogP contribution in [0, 0.1) is 0 Å². The number of thioether (sulfide) groups is 1. The lowest BCUT2D eigenvalue weighted by Crippen LogP contribution is -2.34. The van der Waals surface area contributed by atoms with Crippen LogP contribution in [-0.4, -0.2) is 32.8 Å². The summed E-state index contributed by atoms with van der Waals surface area (Å²) in [5.74, 6) is 3.48. The fraction of sp³-hybridized carbons (Fsp3) is 0.400. The molecule has 1 fully saturated rings. The molecule has 1 saturated heterocycles. The minimum atomic E-state index is 0.433. The van der Waals surface area contributed by atoms with Crippen molar-refractivity contribution in [1.29, 1.82) is 0 Å². The molecule has 136 valence electrons. The normalized spacial score (nSPS) is 18.3. The molecule has 1 aromatic carbocycles. The molecule has 0 saturated carbocycles. The summed E-state index contributed by atoms with van der Waals surface area (Å²) in [5, 5.41) is 9.96. The Hall–Kier alpha value is -2.05. The Labute approximate surface area is 158 Å². The summed E-state index contributed by atoms with van der Waals surface area (Å²) < 4.78 is 7.68. The van der Waals surface area contributed by atoms with Gasteiger partial charge >= 0.3 is 0 Å². The van der Waals surface area contributed by atoms with Crippen molar-refractivity contribution >= 4 is 11.8 Å². The molecular weight excluding hydrogens is 344 g/mol. The molecule has 3 heterocycles. The van der Waals surface area contributed by atoms with Gasteiger partial charge in [-0.05, 0) is 37.1 Å². The molecule has 3 aromatic rings. The lowest BCUT2D eigenvalue weighted by molar-refractivity contribution is 0.182. The zero-order chi connectivity index (χ0) is 17.8. The van der Waals surface area contributed by atoms with Crippen LogP contribution in [0.3, 0.4) is 0 Å². The van der Waals surface area contributed by atoms with E-state index in [1.807, 2.05) is 18.2 Å². The smallest absolute Gasteiger partial charge is 0.191 e. The Bertz CT molecular complexity index is 816. The van der Waals surface area contributed by atoms with Crippen molar-refractivity contribution in [3.05, 3.63) is 65.9 Å². The van der Waals surface area contributed by atoms with Gasteiger partial charge in [-0.1, -0.05) is 42.1 Å². The van der Waals surface area contributed by atoms with Gasteiger partial charge in [0.15, 0.2) is 5.16 Å². The van der Waals surface area contributed by atoms with Gasteiger partial charge in [0, 0.05) is 25.3 Å². The van der Waals surface area contributed by atoms with E-state index in [1.165, 1.54) is 18.4 Å². The first-order valence-electron chi connectivity index (χ1n) is 9.10. The molecule has 0 unspecified atom stereocenters. The lowest BCUT2D eigenvalue weighted by Gasteiger charge is -2.31. The maximum atomic E-state index is 5.50. The number of likely N-dealkylation sites (tertiary alicyclic amines) is 1. The SMILES string of the molecule is Cn1c(SCc2ccccc2)nnc1[C@@H]1CCCN(Cc2ccco2)C1. The van der Waals surface area contributed by atoms with Crippen molar-refractivity contribution in [2.45, 2.75) is 36.2 Å². The van der Waals surface area contributed by atoms with E-state index in [4.69, 9.17) is 4.42 Å². The molecule has 6 heteroatoms. The van der Waals surface area contributed by atoms with Crippen molar-refractivity contribution in [3.63, 3.8) is 0 Å². The molecule has 0 amide bonds. The Morgan fingerprint density at radius 2 is 2.04 bits per heavy atom. The molecule has 0 N–H and O–H groups in total. The Morgan fingerprint density at radius 1 is 1.15 bits per heavy atom. The molecule has 0 bridgehead atoms. The van der Waals surface area contributed by atoms with Crippen LogP contribution in [0.4, 0.5) is 0 Å². The monoisotopic (exact) mass is 368 g/mol. The number of rotatable bonds is 6. The van der Waals surface area contributed by atoms with Gasteiger partial charge in [0.25, 0.3) is 0 Å². The summed E-state index contributed by atoms with van der Waals surface area (Å²) in [4.78, 5) is 2.46. The van der Waals surface area contributed by atoms with E-state index in [0.717, 1.165) is 42.1 Å². The first-order valence-corrected chi connectivity index (χ1v) is 10.1. The molecule has 0 radical (unpaired) electrons. The van der Waals surface area contributed by atoms with Crippen molar-refractivity contribution in [1.82, 2.24) is 19.7 Å². The largest absolute Gasteiger partial charge is 0.468 e. The van der Waals surface area contributed by atoms with E-state index >= 15 is 0 Å². The van der Waals surface area contributed by atoms with Crippen LogP contribution in [0.1, 0.15) is 35.9 Å². The molecule has 4 rings (SSSR count). The highest BCUT2D eigenvalue weighted by molar-refractivity contribution is 7.98. The van der Waals surface area contributed by atoms with E-state index < -0.39 is 0 Å². The fourth-order valence-electron chi connectivity index (χ4n) is 3.56. The number of hydrogen-bond acceptors (Lipinski definition) is 5. The van der Waals surface area contributed by atoms with Crippen molar-refractivity contribution in [3.8, 4) is 0 Å². The van der Waals surface area contributed by atoms with E-state index in [1.54, 1.807) is 18.0 Å². The van der Waals surface area contributed by atoms with Gasteiger partial charge in [-0.25, -0.2) is 0 Å². The summed E-state index contributed by atoms with van der Waals surface area (Å²) in [6.45, 7) is 3.00. The van der Waals surface area contributed by atoms with Crippen LogP contribution < -0.4 is 0 Å². The zero-order valence-corrected chi connectivity index (χ0v) is 15.9. The fourth-order valence-corrected chi connectivity index (χ4v) is 4.44. The highest BCUT2D eigenvalue weighted by atomic mass is 32.2. The van der Waals surface area contributed by atoms with Gasteiger partial charge in [-0.3, -0.25) is 4.90 Å². The molecule has 1 aliphatic heterocycles. The summed E-state index contributed by atoms with van der Waals surface area (Å²) in [7, 11) is 2.09. The molecule has 1 aliphatic rings. The van der Waals surface area contributed by atoms with Gasteiger partial charge in [-0.2, -0.15) is 0 Å². The lowest BCUT2D eigenvalue weighted by atomic mass is 9.97. The molecule has 0 aliphatic carbocycles. The third kappa shape index (κ3) is 4.02. The number of nitrogens with zero attached hydrogens (tertiary/aromatic N) is 4. The van der Waals surface area contributed by atoms with Crippen LogP contribution in [-0.2, 0) is 19.3 Å². The molecule has 1 atom stereocenters. The second kappa shape index (κ2) is 8.10. The van der Waals surface area contributed by atoms with Crippen LogP contribution in [0.25, 0.3) is 0 Å². The van der Waals surface area contributed by atoms with Gasteiger partial charge < -0.3 is 8.98 Å². The average Bonchev–Trinajstić information content (AvgIpc) is 3.31. The molecule has 5 nitrogen and oxygen atoms in total. The first kappa shape index (κ1) is 17.4. The average molecular weight is 369 g/mol. The third-order valence-corrected chi connectivity index (χ3v) is 6.00. The van der Waals surface area contributed by atoms with Crippen molar-refractivity contribution < 1.29 is 4.42 Å². The van der Waals surface area contributed by atoms with Gasteiger partial charge in [0.05, 0.1) is 12.8 Å². The van der Waals surface area contributed by atoms with Crippen LogP contribution in [0.5, 0.6) is 0 Å². The highest BCUT2D eigenvalue weighted by Crippen LogP contribution is 2.29. The molecule has 0 spiro atoms. The predicted molar refractivity (Wildman–Crippen MR) is 103 cm³/mol. The second-order valence-corrected chi connectivity index (χ2v) is 7.77. The Balaban J connectivity index is 1.40. The quantitative estimate of drug-likeness (QED) is 0.614. The molecular formula is C20H24N4OS. The van der Waals surface area contributed by atoms with E-state index in [9.17, 15) is 0 Å². The van der Waals surface area contributed by atoms with E-state index in [0.29, 0.717) is 5.92 Å². The van der Waals surface area contributed by atoms with Gasteiger partial charge in [0.2, 0.25) is 0 Å². The van der Waals surface area contributed by atoms with Crippen LogP contribution in [0.2, 0.25) is 0 Å². The summed E-state index contributed by atoms with van der Waals surface area (Å²) >= 11 is 1.75. The standard InChI is InChI=1S/C20H24N4OS/c1-23-19(21-22-20(23)26-15-16-7-3-2-4-8-16)17-9-5-11-24(13-17)14-18-10-6-12-25-18/h2-4,6-8,10,12,17H,5,9,11,13-15H2,1H3/t17-/m1/s1. The Morgan fingerprint density at radius 3 is 2.85 bits per heavy atom. The van der Waals surface area contributed by atoms with E-state index in [-0.39, 0.29) is 0 Å². The van der Waals surface area contributed by atoms with Crippen LogP contribution >= 0.6 is 11.8 Å². The maximum Gasteiger partial charge on any atom is 0.191 e. The number of furan rings is 1. The first-order chi connectivity index (χ1) is 12.8. The minimum Gasteiger partial charge on any atom is -0.468 e. The maximum absolute atomic E-state index is 5.50. The minimum absolute atomic E-state index is 0.433. The number of hydrogen-bond donors (Lipinski definition) is 0. The highest BCUT2D eigenvalue weighted by Gasteiger charge is 2.26. The van der Waals surface area contributed by atoms with Crippen LogP contribution in [0.15, 0.2) is 58.3 Å². The third-order valence-electron chi connectivity index (χ3n) is 4.91. The van der Waals surface area contributed by atoms with E-state index in [2.05, 4.69) is 51.0 Å². The zero-order valence-electron chi connectivity index (χ0n) is 15.0. The molecule has 2 aromatic heterocycles. The van der Waals surface area contributed by atoms with Gasteiger partial charge in [-0.15, -0.1) is 10.2 Å². The van der Waals surface area contributed by atoms with Crippen molar-refractivity contribution in [2.24, 2.45) is 7.05 Å². The number of piperidine rings is 1. The second-order valence-electron chi connectivity index (χ2n) is 6.83. The topological polar surface area (TPSA) is 47.1 Å². The molecule has 26 heavy (non-hydrogen) atoms. The summed E-state index contributed by atoms with van der Waals surface area (Å²) in [6.07, 6.45) is 4.10. The van der Waals surface area contributed by atoms with Crippen molar-refractivity contribution in [2.75, 3.05) is 13.1 Å². The number of aromatic nitrogens is 3. The Kier molecular flexibility index (Phi) is 5.41.